The van der Waals surface area contributed by atoms with Gasteiger partial charge < -0.3 is 15.9 Å². The number of benzene rings is 5. The number of aromatic hydroxyl groups is 1. The van der Waals surface area contributed by atoms with Crippen LogP contribution >= 0.6 is 0 Å². The highest BCUT2D eigenvalue weighted by Crippen LogP contribution is 2.43. The molecule has 0 amide bonds. The molecule has 0 bridgehead atoms. The highest BCUT2D eigenvalue weighted by atomic mass is 32.2. The zero-order chi connectivity index (χ0) is 31.1. The quantitative estimate of drug-likeness (QED) is 0.0770. The Morgan fingerprint density at radius 2 is 1.33 bits per heavy atom. The summed E-state index contributed by atoms with van der Waals surface area (Å²) in [6.07, 6.45) is 0. The number of aromatic carboxylic acids is 1. The van der Waals surface area contributed by atoms with Crippen molar-refractivity contribution in [1.29, 1.82) is 0 Å². The van der Waals surface area contributed by atoms with E-state index in [9.17, 15) is 35.8 Å². The molecule has 0 aliphatic rings. The van der Waals surface area contributed by atoms with Gasteiger partial charge in [0.1, 0.15) is 10.6 Å². The van der Waals surface area contributed by atoms with Crippen LogP contribution in [0.25, 0.3) is 21.5 Å². The number of hydrogen-bond acceptors (Lipinski definition) is 11. The van der Waals surface area contributed by atoms with Crippen LogP contribution in [-0.2, 0) is 20.2 Å². The summed E-state index contributed by atoms with van der Waals surface area (Å²) in [6.45, 7) is 0. The van der Waals surface area contributed by atoms with E-state index >= 15 is 0 Å². The summed E-state index contributed by atoms with van der Waals surface area (Å²) in [5.74, 6) is -1.75. The Hall–Kier alpha value is -5.29. The number of fused-ring (bicyclic) bond motifs is 2. The van der Waals surface area contributed by atoms with Gasteiger partial charge in [0, 0.05) is 21.8 Å². The standard InChI is InChI=1S/C27H19N5O9S2/c28-16-4-1-15-11-24(43(39,40)41)25(26(33)20(15)12-16)32-31-23-10-9-22(19-8-7-18(13-21(19)23)42(36,37)38)30-29-17-5-2-14(3-6-17)27(34)35/h1-13,33H,28H2,(H,34,35)(H,36,37,38)(H,39,40,41). The second kappa shape index (κ2) is 10.8. The summed E-state index contributed by atoms with van der Waals surface area (Å²) in [5.41, 5.74) is 6.02. The van der Waals surface area contributed by atoms with Gasteiger partial charge in [-0.15, -0.1) is 15.3 Å². The lowest BCUT2D eigenvalue weighted by atomic mass is 10.1. The van der Waals surface area contributed by atoms with Crippen molar-refractivity contribution in [3.8, 4) is 5.75 Å². The average Bonchev–Trinajstić information content (AvgIpc) is 2.95. The molecule has 5 aromatic carbocycles. The number of nitrogens with zero attached hydrogens (tertiary/aromatic N) is 4. The third kappa shape index (κ3) is 6.02. The summed E-state index contributed by atoms with van der Waals surface area (Å²) in [7, 11) is -9.55. The second-order valence-electron chi connectivity index (χ2n) is 9.07. The number of azo groups is 2. The number of carbonyl (C=O) groups is 1. The Kier molecular flexibility index (Phi) is 7.37. The normalized spacial score (nSPS) is 12.5. The summed E-state index contributed by atoms with van der Waals surface area (Å²) < 4.78 is 67.5. The minimum absolute atomic E-state index is 0.0291. The molecule has 0 unspecified atom stereocenters. The fourth-order valence-electron chi connectivity index (χ4n) is 4.17. The maximum absolute atomic E-state index is 12.2. The molecule has 0 fully saturated rings. The molecule has 5 rings (SSSR count). The van der Waals surface area contributed by atoms with Gasteiger partial charge in [-0.25, -0.2) is 4.79 Å². The smallest absolute Gasteiger partial charge is 0.335 e. The van der Waals surface area contributed by atoms with E-state index in [1.54, 1.807) is 0 Å². The van der Waals surface area contributed by atoms with Crippen molar-refractivity contribution in [2.75, 3.05) is 5.73 Å². The molecule has 0 aromatic heterocycles. The molecular formula is C27H19N5O9S2. The van der Waals surface area contributed by atoms with Gasteiger partial charge in [0.25, 0.3) is 20.2 Å². The molecule has 6 N–H and O–H groups in total. The zero-order valence-corrected chi connectivity index (χ0v) is 23.2. The van der Waals surface area contributed by atoms with Gasteiger partial charge in [-0.1, -0.05) is 12.1 Å². The molecule has 0 saturated carbocycles. The van der Waals surface area contributed by atoms with Crippen molar-refractivity contribution in [1.82, 2.24) is 0 Å². The fourth-order valence-corrected chi connectivity index (χ4v) is 5.33. The predicted molar refractivity (Wildman–Crippen MR) is 155 cm³/mol. The van der Waals surface area contributed by atoms with Crippen LogP contribution in [0.3, 0.4) is 0 Å². The third-order valence-corrected chi connectivity index (χ3v) is 7.96. The lowest BCUT2D eigenvalue weighted by Gasteiger charge is -2.10. The van der Waals surface area contributed by atoms with E-state index in [4.69, 9.17) is 10.8 Å². The molecule has 5 aromatic rings. The maximum atomic E-state index is 12.2. The molecule has 0 heterocycles. The van der Waals surface area contributed by atoms with Gasteiger partial charge in [-0.3, -0.25) is 9.11 Å². The van der Waals surface area contributed by atoms with Crippen LogP contribution in [0.1, 0.15) is 10.4 Å². The van der Waals surface area contributed by atoms with Crippen molar-refractivity contribution in [2.45, 2.75) is 9.79 Å². The first-order valence-corrected chi connectivity index (χ1v) is 14.8. The zero-order valence-electron chi connectivity index (χ0n) is 21.5. The third-order valence-electron chi connectivity index (χ3n) is 6.24. The second-order valence-corrected chi connectivity index (χ2v) is 11.9. The number of rotatable bonds is 7. The summed E-state index contributed by atoms with van der Waals surface area (Å²) >= 11 is 0. The van der Waals surface area contributed by atoms with Crippen molar-refractivity contribution in [2.24, 2.45) is 20.5 Å². The molecule has 0 spiro atoms. The Bertz CT molecular complexity index is 2230. The van der Waals surface area contributed by atoms with Gasteiger partial charge in [-0.05, 0) is 72.1 Å². The first-order chi connectivity index (χ1) is 20.2. The monoisotopic (exact) mass is 621 g/mol. The largest absolute Gasteiger partial charge is 0.505 e. The van der Waals surface area contributed by atoms with E-state index in [1.807, 2.05) is 0 Å². The Labute approximate surface area is 243 Å². The minimum Gasteiger partial charge on any atom is -0.505 e. The molecule has 14 nitrogen and oxygen atoms in total. The van der Waals surface area contributed by atoms with Gasteiger partial charge in [0.15, 0.2) is 5.75 Å². The lowest BCUT2D eigenvalue weighted by molar-refractivity contribution is 0.0697. The number of nitrogens with two attached hydrogens (primary N) is 1. The maximum Gasteiger partial charge on any atom is 0.335 e. The Morgan fingerprint density at radius 1 is 0.674 bits per heavy atom. The van der Waals surface area contributed by atoms with Gasteiger partial charge >= 0.3 is 5.97 Å². The average molecular weight is 622 g/mol. The van der Waals surface area contributed by atoms with Crippen molar-refractivity contribution >= 4 is 76.2 Å². The number of hydrogen-bond donors (Lipinski definition) is 5. The number of carboxylic acid groups (broad SMARTS) is 1. The number of carboxylic acids is 1. The molecule has 0 aliphatic carbocycles. The van der Waals surface area contributed by atoms with E-state index in [-0.39, 0.29) is 38.8 Å². The van der Waals surface area contributed by atoms with Gasteiger partial charge in [-0.2, -0.15) is 21.9 Å². The van der Waals surface area contributed by atoms with Crippen molar-refractivity contribution in [3.05, 3.63) is 84.4 Å². The van der Waals surface area contributed by atoms with Crippen LogP contribution in [0.4, 0.5) is 28.4 Å². The van der Waals surface area contributed by atoms with E-state index in [2.05, 4.69) is 20.5 Å². The van der Waals surface area contributed by atoms with Crippen molar-refractivity contribution < 1.29 is 40.9 Å². The summed E-state index contributed by atoms with van der Waals surface area (Å²) in [6, 6.07) is 17.3. The Morgan fingerprint density at radius 3 is 1.95 bits per heavy atom. The SMILES string of the molecule is Nc1ccc2cc(S(=O)(=O)O)c(N=Nc3ccc(N=Nc4ccc(C(=O)O)cc4)c4ccc(S(=O)(=O)O)cc34)c(O)c2c1. The molecule has 0 saturated heterocycles. The van der Waals surface area contributed by atoms with Crippen LogP contribution < -0.4 is 5.73 Å². The molecule has 16 heteroatoms. The number of phenolic OH excluding ortho intramolecular Hbond substituents is 1. The highest BCUT2D eigenvalue weighted by Gasteiger charge is 2.22. The van der Waals surface area contributed by atoms with Crippen LogP contribution in [0.2, 0.25) is 0 Å². The van der Waals surface area contributed by atoms with Crippen LogP contribution in [-0.4, -0.2) is 42.1 Å². The molecule has 0 aliphatic heterocycles. The van der Waals surface area contributed by atoms with Crippen molar-refractivity contribution in [3.63, 3.8) is 0 Å². The molecule has 0 radical (unpaired) electrons. The molecule has 218 valence electrons. The first kappa shape index (κ1) is 29.2. The molecular weight excluding hydrogens is 602 g/mol. The Balaban J connectivity index is 1.67. The van der Waals surface area contributed by atoms with E-state index < -0.39 is 47.4 Å². The number of phenols is 1. The van der Waals surface area contributed by atoms with E-state index in [0.717, 1.165) is 18.2 Å². The molecule has 43 heavy (non-hydrogen) atoms. The fraction of sp³-hybridized carbons (Fsp3) is 0. The van der Waals surface area contributed by atoms with Crippen LogP contribution in [0.5, 0.6) is 5.75 Å². The number of nitrogen functional groups attached to an aromatic ring is 1. The topological polar surface area (TPSA) is 242 Å². The van der Waals surface area contributed by atoms with Gasteiger partial charge in [0.2, 0.25) is 0 Å². The molecule has 0 atom stereocenters. The highest BCUT2D eigenvalue weighted by molar-refractivity contribution is 7.86. The minimum atomic E-state index is -4.90. The summed E-state index contributed by atoms with van der Waals surface area (Å²) in [4.78, 5) is 9.85. The van der Waals surface area contributed by atoms with E-state index in [1.165, 1.54) is 60.7 Å². The van der Waals surface area contributed by atoms with Gasteiger partial charge in [0.05, 0.1) is 27.5 Å². The van der Waals surface area contributed by atoms with Crippen LogP contribution in [0.15, 0.2) is 109 Å². The van der Waals surface area contributed by atoms with E-state index in [0.29, 0.717) is 11.1 Å². The number of anilines is 1. The summed E-state index contributed by atoms with van der Waals surface area (Å²) in [5, 5.41) is 36.9. The lowest BCUT2D eigenvalue weighted by Crippen LogP contribution is -1.99. The first-order valence-electron chi connectivity index (χ1n) is 12.0. The predicted octanol–water partition coefficient (Wildman–Crippen LogP) is 6.30. The van der Waals surface area contributed by atoms with Crippen LogP contribution in [0, 0.1) is 0 Å².